The van der Waals surface area contributed by atoms with Crippen LogP contribution in [0.1, 0.15) is 106 Å². The molecule has 370 valence electrons. The average Bonchev–Trinajstić information content (AvgIpc) is 4.10. The monoisotopic (exact) mass is 944 g/mol. The number of hydrazine groups is 1. The van der Waals surface area contributed by atoms with Gasteiger partial charge in [-0.1, -0.05) is 69.9 Å². The molecular weight excluding hydrogens is 871 g/mol. The number of esters is 1. The second-order valence-electron chi connectivity index (χ2n) is 20.5. The second-order valence-corrected chi connectivity index (χ2v) is 20.5. The maximum atomic E-state index is 15.0. The zero-order chi connectivity index (χ0) is 49.1. The summed E-state index contributed by atoms with van der Waals surface area (Å²) < 4.78 is 14.3. The lowest BCUT2D eigenvalue weighted by Crippen LogP contribution is -2.62. The maximum absolute atomic E-state index is 15.0. The molecule has 6 bridgehead atoms. The number of likely N-dealkylation sites (N-methyl/N-ethyl adjacent to an activating group) is 1. The number of ether oxygens (including phenoxy) is 2. The molecule has 14 heteroatoms. The van der Waals surface area contributed by atoms with E-state index in [1.807, 2.05) is 32.0 Å². The molecule has 1 aliphatic carbocycles. The quantitative estimate of drug-likeness (QED) is 0.129. The zero-order valence-electron chi connectivity index (χ0n) is 41.6. The van der Waals surface area contributed by atoms with Gasteiger partial charge >= 0.3 is 5.97 Å². The Kier molecular flexibility index (Phi) is 15.0. The highest BCUT2D eigenvalue weighted by Crippen LogP contribution is 2.42. The summed E-state index contributed by atoms with van der Waals surface area (Å²) in [6, 6.07) is 16.1. The molecule has 3 aliphatic heterocycles. The number of fused-ring (bicyclic) bond motifs is 6. The Labute approximate surface area is 409 Å². The third-order valence-corrected chi connectivity index (χ3v) is 15.0. The summed E-state index contributed by atoms with van der Waals surface area (Å²) in [5.74, 6) is 2.81. The number of amides is 4. The number of rotatable bonds is 9. The lowest BCUT2D eigenvalue weighted by atomic mass is 9.84. The maximum Gasteiger partial charge on any atom is 0.324 e. The van der Waals surface area contributed by atoms with E-state index in [4.69, 9.17) is 14.5 Å². The molecule has 0 radical (unpaired) electrons. The van der Waals surface area contributed by atoms with Gasteiger partial charge in [-0.25, -0.2) is 5.43 Å². The summed E-state index contributed by atoms with van der Waals surface area (Å²) in [7, 11) is 3.38. The van der Waals surface area contributed by atoms with Gasteiger partial charge in [0, 0.05) is 77.7 Å². The van der Waals surface area contributed by atoms with Crippen molar-refractivity contribution < 1.29 is 36.3 Å². The molecule has 4 aromatic rings. The Morgan fingerprint density at radius 2 is 1.81 bits per heavy atom. The molecule has 4 aliphatic rings. The number of cyclic esters (lactones) is 1. The fraction of sp³-hybridized carbons (Fsp3) is 0.527. The van der Waals surface area contributed by atoms with E-state index in [9.17, 15) is 24.0 Å². The summed E-state index contributed by atoms with van der Waals surface area (Å²) in [4.78, 5) is 79.0. The smallest absolute Gasteiger partial charge is 0.324 e. The molecule has 1 saturated carbocycles. The molecule has 69 heavy (non-hydrogen) atoms. The Morgan fingerprint density at radius 3 is 2.55 bits per heavy atom. The van der Waals surface area contributed by atoms with Crippen LogP contribution in [-0.2, 0) is 52.8 Å². The fourth-order valence-electron chi connectivity index (χ4n) is 11.3. The van der Waals surface area contributed by atoms with E-state index >= 15 is 0 Å². The number of hydrogen-bond acceptors (Lipinski definition) is 9. The number of aromatic nitrogens is 2. The number of nitrogens with zero attached hydrogens (tertiary/aromatic N) is 5. The third kappa shape index (κ3) is 10.3. The molecule has 8 rings (SSSR count). The minimum absolute atomic E-state index is 0. The summed E-state index contributed by atoms with van der Waals surface area (Å²) in [5.41, 5.74) is 10.6. The Morgan fingerprint density at radius 1 is 1.04 bits per heavy atom. The van der Waals surface area contributed by atoms with Crippen LogP contribution in [0.25, 0.3) is 33.3 Å². The van der Waals surface area contributed by atoms with Gasteiger partial charge in [0.25, 0.3) is 11.8 Å². The van der Waals surface area contributed by atoms with E-state index in [0.717, 1.165) is 75.8 Å². The molecule has 0 spiro atoms. The summed E-state index contributed by atoms with van der Waals surface area (Å²) in [6.07, 6.45) is 6.74. The fourth-order valence-corrected chi connectivity index (χ4v) is 11.3. The van der Waals surface area contributed by atoms with Gasteiger partial charge in [0.2, 0.25) is 11.8 Å². The number of aryl methyl sites for hydroxylation is 1. The summed E-state index contributed by atoms with van der Waals surface area (Å²) in [6.45, 7) is 13.8. The first kappa shape index (κ1) is 49.4. The van der Waals surface area contributed by atoms with E-state index in [1.54, 1.807) is 37.1 Å². The summed E-state index contributed by atoms with van der Waals surface area (Å²) >= 11 is 0. The molecule has 4 amide bonds. The van der Waals surface area contributed by atoms with Crippen molar-refractivity contribution in [3.05, 3.63) is 77.6 Å². The Balaban J connectivity index is 0.00000413. The normalized spacial score (nSPS) is 22.8. The number of nitrogens with one attached hydrogen (secondary N) is 2. The van der Waals surface area contributed by atoms with E-state index in [0.29, 0.717) is 38.9 Å². The van der Waals surface area contributed by atoms with E-state index in [1.165, 1.54) is 5.01 Å². The number of carbonyl (C=O) groups is 5. The minimum Gasteiger partial charge on any atom is -0.464 e. The second kappa shape index (κ2) is 20.9. The third-order valence-electron chi connectivity index (χ3n) is 15.0. The first-order chi connectivity index (χ1) is 33.1. The van der Waals surface area contributed by atoms with Gasteiger partial charge in [0.15, 0.2) is 0 Å². The van der Waals surface area contributed by atoms with Crippen LogP contribution in [0, 0.1) is 35.0 Å². The van der Waals surface area contributed by atoms with Crippen molar-refractivity contribution in [2.45, 2.75) is 124 Å². The van der Waals surface area contributed by atoms with Crippen LogP contribution in [-0.4, -0.2) is 112 Å². The van der Waals surface area contributed by atoms with Crippen molar-refractivity contribution >= 4 is 40.5 Å². The largest absolute Gasteiger partial charge is 0.464 e. The minimum atomic E-state index is -1.04. The van der Waals surface area contributed by atoms with Crippen LogP contribution in [0.2, 0.25) is 0 Å². The highest BCUT2D eigenvalue weighted by Gasteiger charge is 2.44. The number of hydrogen-bond donors (Lipinski definition) is 2. The van der Waals surface area contributed by atoms with Gasteiger partial charge in [-0.3, -0.25) is 34.0 Å². The van der Waals surface area contributed by atoms with Crippen LogP contribution in [0.5, 0.6) is 0 Å². The number of carbonyl (C=O) groups excluding carboxylic acids is 5. The molecule has 2 saturated heterocycles. The molecular formula is C55H73N7O7. The van der Waals surface area contributed by atoms with E-state index < -0.39 is 41.3 Å². The average molecular weight is 944 g/mol. The van der Waals surface area contributed by atoms with Gasteiger partial charge in [-0.05, 0) is 117 Å². The van der Waals surface area contributed by atoms with Gasteiger partial charge in [-0.15, -0.1) is 0 Å². The zero-order valence-corrected chi connectivity index (χ0v) is 41.6. The van der Waals surface area contributed by atoms with Crippen molar-refractivity contribution in [1.82, 2.24) is 35.1 Å². The van der Waals surface area contributed by atoms with Crippen LogP contribution in [0.3, 0.4) is 0 Å². The van der Waals surface area contributed by atoms with Gasteiger partial charge in [-0.2, -0.15) is 0 Å². The van der Waals surface area contributed by atoms with Crippen molar-refractivity contribution in [2.24, 2.45) is 23.2 Å². The standard InChI is InChI=1S/C55H69N7O7.2H2/c1-9-16-47(63)60-31-34(3)43(32-60)52(65)59(7)49(37-18-11-12-19-37)51(64)57-45-28-36-17-13-20-38(27-36)39-23-24-46-41(29-39)42(50(61(46)10-2)40-21-14-25-56-48(40)35(4)68-8)30-55(5,6)33-69-54(67)44-22-15-26-62(58-44)53(45)66;;/h13-14,17,20-21,23-25,27,29,34-35,37,43-45,49,58H,10-12,15,18-19,22,26,28,30-33H2,1-8H3,(H,57,64);2*1H/t34-,35-,43+,44-,45-,49-;;/m0../s1. The van der Waals surface area contributed by atoms with Crippen molar-refractivity contribution in [1.29, 1.82) is 0 Å². The Hall–Kier alpha value is -6.04. The van der Waals surface area contributed by atoms with Gasteiger partial charge in [0.1, 0.15) is 18.1 Å². The molecule has 2 aromatic carbocycles. The molecule has 2 aromatic heterocycles. The first-order valence-corrected chi connectivity index (χ1v) is 24.9. The molecule has 3 fully saturated rings. The van der Waals surface area contributed by atoms with Crippen molar-refractivity contribution in [2.75, 3.05) is 40.4 Å². The lowest BCUT2D eigenvalue weighted by molar-refractivity contribution is -0.155. The SMILES string of the molecule is CC#CC(=O)N1C[C@H](C)[C@H](C(=O)N(C)[C@H](C(=O)N[C@H]2Cc3cccc(c3)-c3ccc4c(c3)c(c(-c3cccnc3[C@H](C)OC)n4CC)CC(C)(C)COC(=O)[C@@H]3CCCN(N3)C2=O)C2CCCC2)C1.[HH].[HH]. The van der Waals surface area contributed by atoms with Crippen molar-refractivity contribution in [3.63, 3.8) is 0 Å². The Bertz CT molecular complexity index is 2670. The van der Waals surface area contributed by atoms with E-state index in [2.05, 4.69) is 84.3 Å². The lowest BCUT2D eigenvalue weighted by Gasteiger charge is -2.37. The van der Waals surface area contributed by atoms with Gasteiger partial charge in [0.05, 0.1) is 30.0 Å². The molecule has 6 atom stereocenters. The molecule has 14 nitrogen and oxygen atoms in total. The summed E-state index contributed by atoms with van der Waals surface area (Å²) in [5, 5.41) is 5.72. The first-order valence-electron chi connectivity index (χ1n) is 24.9. The number of likely N-dealkylation sites (tertiary alicyclic amines) is 1. The van der Waals surface area contributed by atoms with Crippen LogP contribution in [0.4, 0.5) is 0 Å². The van der Waals surface area contributed by atoms with Crippen LogP contribution in [0.15, 0.2) is 60.8 Å². The van der Waals surface area contributed by atoms with Crippen LogP contribution >= 0.6 is 0 Å². The van der Waals surface area contributed by atoms with E-state index in [-0.39, 0.29) is 58.1 Å². The predicted molar refractivity (Wildman–Crippen MR) is 269 cm³/mol. The van der Waals surface area contributed by atoms with Gasteiger partial charge < -0.3 is 29.2 Å². The number of benzene rings is 2. The predicted octanol–water partition coefficient (Wildman–Crippen LogP) is 7.37. The molecule has 5 heterocycles. The highest BCUT2D eigenvalue weighted by molar-refractivity contribution is 5.97. The van der Waals surface area contributed by atoms with Crippen LogP contribution < -0.4 is 10.7 Å². The topological polar surface area (TPSA) is 155 Å². The molecule has 0 unspecified atom stereocenters. The molecule has 2 N–H and O–H groups in total. The number of methoxy groups -OCH3 is 1. The van der Waals surface area contributed by atoms with Crippen molar-refractivity contribution in [3.8, 4) is 34.2 Å². The number of pyridine rings is 1. The highest BCUT2D eigenvalue weighted by atomic mass is 16.5.